The van der Waals surface area contributed by atoms with Crippen molar-refractivity contribution in [1.82, 2.24) is 0 Å². The van der Waals surface area contributed by atoms with Gasteiger partial charge in [-0.25, -0.2) is 0 Å². The van der Waals surface area contributed by atoms with Crippen molar-refractivity contribution in [3.8, 4) is 0 Å². The van der Waals surface area contributed by atoms with E-state index in [1.165, 1.54) is 12.8 Å². The first-order chi connectivity index (χ1) is 13.0. The zero-order valence-corrected chi connectivity index (χ0v) is 18.0. The minimum absolute atomic E-state index is 0.143. The van der Waals surface area contributed by atoms with E-state index in [1.807, 2.05) is 42.1 Å². The minimum atomic E-state index is -0.732. The van der Waals surface area contributed by atoms with Gasteiger partial charge in [-0.1, -0.05) is 88.6 Å². The summed E-state index contributed by atoms with van der Waals surface area (Å²) >= 11 is 1.81. The fraction of sp³-hybridized carbons (Fsp3) is 0.609. The summed E-state index contributed by atoms with van der Waals surface area (Å²) in [6.07, 6.45) is 22.9. The highest BCUT2D eigenvalue weighted by atomic mass is 32.2. The van der Waals surface area contributed by atoms with Crippen molar-refractivity contribution >= 4 is 17.7 Å². The molecule has 0 aliphatic carbocycles. The lowest BCUT2D eigenvalue weighted by molar-refractivity contribution is -0.137. The van der Waals surface area contributed by atoms with Crippen molar-refractivity contribution in [1.29, 1.82) is 0 Å². The summed E-state index contributed by atoms with van der Waals surface area (Å²) in [4.78, 5) is 10.4. The normalized spacial score (nSPS) is 15.0. The van der Waals surface area contributed by atoms with Crippen molar-refractivity contribution < 1.29 is 15.0 Å². The molecule has 154 valence electrons. The number of hydrogen-bond acceptors (Lipinski definition) is 3. The van der Waals surface area contributed by atoms with Crippen LogP contribution in [0, 0.1) is 0 Å². The van der Waals surface area contributed by atoms with Crippen LogP contribution in [0.4, 0.5) is 0 Å². The Labute approximate surface area is 170 Å². The summed E-state index contributed by atoms with van der Waals surface area (Å²) in [7, 11) is 0. The maximum atomic E-state index is 10.4. The summed E-state index contributed by atoms with van der Waals surface area (Å²) in [6.45, 7) is 6.51. The van der Waals surface area contributed by atoms with Crippen LogP contribution in [0.2, 0.25) is 0 Å². The molecular formula is C23H38O3S. The molecule has 0 fully saturated rings. The molecule has 2 N–H and O–H groups in total. The molecule has 2 atom stereocenters. The van der Waals surface area contributed by atoms with Crippen molar-refractivity contribution in [2.24, 2.45) is 0 Å². The van der Waals surface area contributed by atoms with E-state index in [-0.39, 0.29) is 17.8 Å². The molecule has 0 amide bonds. The van der Waals surface area contributed by atoms with E-state index in [0.29, 0.717) is 11.7 Å². The number of rotatable bonds is 16. The standard InChI is InChI=1S/C23H38O3S/c1-4-5-14-17-21(24)22(27-20(2)3)18-15-12-10-8-6-7-9-11-13-16-19-23(25)26/h6,8-12,15,18,20-22,24H,4-5,7,13-14,16-17,19H2,1-3H3,(H,25,26)/b8-6-,11-9-,12-10+,18-15+/t21-,22+/m0/s1. The lowest BCUT2D eigenvalue weighted by Crippen LogP contribution is -2.22. The molecule has 27 heavy (non-hydrogen) atoms. The topological polar surface area (TPSA) is 57.5 Å². The quantitative estimate of drug-likeness (QED) is 0.183. The Morgan fingerprint density at radius 3 is 2.41 bits per heavy atom. The van der Waals surface area contributed by atoms with E-state index in [2.05, 4.69) is 39.0 Å². The van der Waals surface area contributed by atoms with Gasteiger partial charge in [0.2, 0.25) is 0 Å². The number of aliphatic hydroxyl groups is 1. The van der Waals surface area contributed by atoms with Crippen molar-refractivity contribution in [3.05, 3.63) is 48.6 Å². The van der Waals surface area contributed by atoms with E-state index < -0.39 is 5.97 Å². The van der Waals surface area contributed by atoms with Gasteiger partial charge in [-0.3, -0.25) is 4.79 Å². The average molecular weight is 395 g/mol. The van der Waals surface area contributed by atoms with Crippen molar-refractivity contribution in [3.63, 3.8) is 0 Å². The molecule has 4 heteroatoms. The highest BCUT2D eigenvalue weighted by Gasteiger charge is 2.17. The third kappa shape index (κ3) is 17.9. The Hall–Kier alpha value is -1.26. The number of thioether (sulfide) groups is 1. The molecule has 0 radical (unpaired) electrons. The second-order valence-corrected chi connectivity index (χ2v) is 8.66. The van der Waals surface area contributed by atoms with Crippen LogP contribution < -0.4 is 0 Å². The molecule has 0 rings (SSSR count). The Bertz CT molecular complexity index is 478. The van der Waals surface area contributed by atoms with E-state index in [1.54, 1.807) is 0 Å². The Balaban J connectivity index is 4.18. The fourth-order valence-corrected chi connectivity index (χ4v) is 3.60. The molecule has 0 aromatic heterocycles. The number of aliphatic carboxylic acids is 1. The predicted octanol–water partition coefficient (Wildman–Crippen LogP) is 6.31. The number of carboxylic acid groups (broad SMARTS) is 1. The number of hydrogen-bond donors (Lipinski definition) is 2. The number of aliphatic hydroxyl groups excluding tert-OH is 1. The van der Waals surface area contributed by atoms with Crippen LogP contribution in [0.15, 0.2) is 48.6 Å². The summed E-state index contributed by atoms with van der Waals surface area (Å²) in [5.41, 5.74) is 0. The van der Waals surface area contributed by atoms with Gasteiger partial charge in [0.05, 0.1) is 6.10 Å². The molecule has 0 saturated heterocycles. The van der Waals surface area contributed by atoms with Crippen LogP contribution in [-0.4, -0.2) is 32.8 Å². The molecule has 0 aromatic carbocycles. The van der Waals surface area contributed by atoms with E-state index in [0.717, 1.165) is 25.7 Å². The molecule has 3 nitrogen and oxygen atoms in total. The largest absolute Gasteiger partial charge is 0.481 e. The first-order valence-corrected chi connectivity index (χ1v) is 11.1. The van der Waals surface area contributed by atoms with Crippen LogP contribution in [0.1, 0.15) is 72.1 Å². The molecule has 0 aliphatic heterocycles. The SMILES string of the molecule is CCCCC[C@H](O)[C@@H](/C=C/C=C/C=C\C/C=C\CCCC(=O)O)SC(C)C. The van der Waals surface area contributed by atoms with Gasteiger partial charge in [0.15, 0.2) is 0 Å². The summed E-state index contributed by atoms with van der Waals surface area (Å²) < 4.78 is 0. The number of unbranched alkanes of at least 4 members (excludes halogenated alkanes) is 3. The molecular weight excluding hydrogens is 356 g/mol. The van der Waals surface area contributed by atoms with E-state index in [9.17, 15) is 9.90 Å². The Morgan fingerprint density at radius 1 is 1.00 bits per heavy atom. The monoisotopic (exact) mass is 394 g/mol. The molecule has 0 unspecified atom stereocenters. The van der Waals surface area contributed by atoms with Crippen molar-refractivity contribution in [2.45, 2.75) is 88.7 Å². The fourth-order valence-electron chi connectivity index (χ4n) is 2.47. The lowest BCUT2D eigenvalue weighted by atomic mass is 10.1. The third-order valence-corrected chi connectivity index (χ3v) is 5.21. The molecule has 0 bridgehead atoms. The highest BCUT2D eigenvalue weighted by molar-refractivity contribution is 8.00. The zero-order chi connectivity index (χ0) is 20.3. The van der Waals surface area contributed by atoms with Crippen LogP contribution in [0.5, 0.6) is 0 Å². The van der Waals surface area contributed by atoms with Gasteiger partial charge < -0.3 is 10.2 Å². The number of allylic oxidation sites excluding steroid dienone is 7. The summed E-state index contributed by atoms with van der Waals surface area (Å²) in [6, 6.07) is 0. The van der Waals surface area contributed by atoms with Crippen LogP contribution in [-0.2, 0) is 4.79 Å². The summed E-state index contributed by atoms with van der Waals surface area (Å²) in [5, 5.41) is 19.6. The van der Waals surface area contributed by atoms with E-state index in [4.69, 9.17) is 5.11 Å². The molecule has 0 aliphatic rings. The first kappa shape index (κ1) is 25.7. The molecule has 0 heterocycles. The maximum absolute atomic E-state index is 10.4. The van der Waals surface area contributed by atoms with Crippen LogP contribution >= 0.6 is 11.8 Å². The molecule has 0 saturated carbocycles. The van der Waals surface area contributed by atoms with Crippen molar-refractivity contribution in [2.75, 3.05) is 0 Å². The second kappa shape index (κ2) is 18.1. The zero-order valence-electron chi connectivity index (χ0n) is 17.2. The van der Waals surface area contributed by atoms with Gasteiger partial charge in [-0.15, -0.1) is 11.8 Å². The first-order valence-electron chi connectivity index (χ1n) is 10.2. The third-order valence-electron chi connectivity index (χ3n) is 3.88. The lowest BCUT2D eigenvalue weighted by Gasteiger charge is -2.21. The minimum Gasteiger partial charge on any atom is -0.481 e. The Kier molecular flexibility index (Phi) is 17.3. The van der Waals surface area contributed by atoms with E-state index >= 15 is 0 Å². The predicted molar refractivity (Wildman–Crippen MR) is 119 cm³/mol. The van der Waals surface area contributed by atoms with Crippen LogP contribution in [0.25, 0.3) is 0 Å². The van der Waals surface area contributed by atoms with Gasteiger partial charge >= 0.3 is 5.97 Å². The summed E-state index contributed by atoms with van der Waals surface area (Å²) in [5.74, 6) is -0.732. The number of carbonyl (C=O) groups is 1. The smallest absolute Gasteiger partial charge is 0.303 e. The second-order valence-electron chi connectivity index (χ2n) is 6.90. The highest BCUT2D eigenvalue weighted by Crippen LogP contribution is 2.24. The number of carboxylic acids is 1. The molecule has 0 aromatic rings. The van der Waals surface area contributed by atoms with Gasteiger partial charge in [-0.2, -0.15) is 0 Å². The van der Waals surface area contributed by atoms with Gasteiger partial charge in [0.1, 0.15) is 0 Å². The van der Waals surface area contributed by atoms with Crippen LogP contribution in [0.3, 0.4) is 0 Å². The Morgan fingerprint density at radius 2 is 1.74 bits per heavy atom. The maximum Gasteiger partial charge on any atom is 0.303 e. The van der Waals surface area contributed by atoms with Gasteiger partial charge in [0, 0.05) is 11.7 Å². The molecule has 0 spiro atoms. The van der Waals surface area contributed by atoms with Gasteiger partial charge in [-0.05, 0) is 30.9 Å². The average Bonchev–Trinajstić information content (AvgIpc) is 2.61. The van der Waals surface area contributed by atoms with Gasteiger partial charge in [0.25, 0.3) is 0 Å².